The lowest BCUT2D eigenvalue weighted by Gasteiger charge is -2.24. The summed E-state index contributed by atoms with van der Waals surface area (Å²) in [6, 6.07) is 9.97. The molecule has 0 amide bonds. The maximum Gasteiger partial charge on any atom is 0.278 e. The van der Waals surface area contributed by atoms with E-state index in [-0.39, 0.29) is 12.0 Å². The van der Waals surface area contributed by atoms with Gasteiger partial charge in [-0.05, 0) is 30.7 Å². The second-order valence-corrected chi connectivity index (χ2v) is 6.62. The van der Waals surface area contributed by atoms with Crippen molar-refractivity contribution in [2.75, 3.05) is 6.61 Å². The van der Waals surface area contributed by atoms with Crippen molar-refractivity contribution < 1.29 is 14.0 Å². The summed E-state index contributed by atoms with van der Waals surface area (Å²) < 4.78 is 18.8. The first-order valence-corrected chi connectivity index (χ1v) is 8.89. The third kappa shape index (κ3) is 3.22. The molecule has 0 spiro atoms. The van der Waals surface area contributed by atoms with Crippen LogP contribution in [-0.4, -0.2) is 26.5 Å². The standard InChI is InChI=1S/C19H22N4O3/c1-4-24-15-7-5-13(6-8-15)17-10-23-14(11-25-17)9-16(21-23)19-20-18(12(2)3)22-26-19/h5-9,12,17H,4,10-11H2,1-3H3. The van der Waals surface area contributed by atoms with Gasteiger partial charge in [0.05, 0.1) is 25.5 Å². The van der Waals surface area contributed by atoms with E-state index in [1.165, 1.54) is 0 Å². The molecule has 26 heavy (non-hydrogen) atoms. The molecule has 2 aromatic heterocycles. The Hall–Kier alpha value is -2.67. The van der Waals surface area contributed by atoms with Gasteiger partial charge < -0.3 is 14.0 Å². The highest BCUT2D eigenvalue weighted by Gasteiger charge is 2.24. The van der Waals surface area contributed by atoms with Gasteiger partial charge in [-0.15, -0.1) is 0 Å². The summed E-state index contributed by atoms with van der Waals surface area (Å²) in [5.41, 5.74) is 2.80. The highest BCUT2D eigenvalue weighted by molar-refractivity contribution is 5.47. The van der Waals surface area contributed by atoms with Gasteiger partial charge in [0.2, 0.25) is 0 Å². The summed E-state index contributed by atoms with van der Waals surface area (Å²) in [7, 11) is 0. The smallest absolute Gasteiger partial charge is 0.278 e. The number of hydrogen-bond donors (Lipinski definition) is 0. The largest absolute Gasteiger partial charge is 0.494 e. The van der Waals surface area contributed by atoms with Crippen LogP contribution in [0.3, 0.4) is 0 Å². The Kier molecular flexibility index (Phi) is 4.46. The topological polar surface area (TPSA) is 75.2 Å². The van der Waals surface area contributed by atoms with Gasteiger partial charge in [-0.25, -0.2) is 0 Å². The van der Waals surface area contributed by atoms with Crippen molar-refractivity contribution in [3.63, 3.8) is 0 Å². The fourth-order valence-corrected chi connectivity index (χ4v) is 2.95. The lowest BCUT2D eigenvalue weighted by molar-refractivity contribution is -0.00115. The minimum atomic E-state index is -0.0418. The molecule has 0 saturated carbocycles. The van der Waals surface area contributed by atoms with Crippen molar-refractivity contribution in [3.8, 4) is 17.3 Å². The number of hydrogen-bond acceptors (Lipinski definition) is 6. The molecule has 1 unspecified atom stereocenters. The van der Waals surface area contributed by atoms with Gasteiger partial charge in [-0.1, -0.05) is 31.1 Å². The van der Waals surface area contributed by atoms with Crippen LogP contribution in [0.15, 0.2) is 34.9 Å². The number of aromatic nitrogens is 4. The van der Waals surface area contributed by atoms with Crippen LogP contribution in [0, 0.1) is 0 Å². The summed E-state index contributed by atoms with van der Waals surface area (Å²) >= 11 is 0. The van der Waals surface area contributed by atoms with Gasteiger partial charge in [0.15, 0.2) is 11.5 Å². The van der Waals surface area contributed by atoms with E-state index in [4.69, 9.17) is 14.0 Å². The Morgan fingerprint density at radius 2 is 2.08 bits per heavy atom. The average molecular weight is 354 g/mol. The van der Waals surface area contributed by atoms with Crippen molar-refractivity contribution in [3.05, 3.63) is 47.4 Å². The zero-order valence-corrected chi connectivity index (χ0v) is 15.2. The third-order valence-corrected chi connectivity index (χ3v) is 4.37. The maximum atomic E-state index is 6.01. The zero-order chi connectivity index (χ0) is 18.1. The Balaban J connectivity index is 1.52. The second-order valence-electron chi connectivity index (χ2n) is 6.62. The highest BCUT2D eigenvalue weighted by Crippen LogP contribution is 2.29. The SMILES string of the molecule is CCOc1ccc(C2Cn3nc(-c4nc(C(C)C)no4)cc3CO2)cc1. The molecule has 0 aliphatic carbocycles. The molecule has 3 aromatic rings. The van der Waals surface area contributed by atoms with Crippen LogP contribution in [0.5, 0.6) is 5.75 Å². The molecule has 0 fully saturated rings. The molecule has 0 radical (unpaired) electrons. The number of nitrogens with zero attached hydrogens (tertiary/aromatic N) is 4. The molecule has 0 saturated heterocycles. The molecular formula is C19H22N4O3. The van der Waals surface area contributed by atoms with Gasteiger partial charge in [-0.3, -0.25) is 4.68 Å². The van der Waals surface area contributed by atoms with Gasteiger partial charge >= 0.3 is 0 Å². The van der Waals surface area contributed by atoms with E-state index in [9.17, 15) is 0 Å². The third-order valence-electron chi connectivity index (χ3n) is 4.37. The fourth-order valence-electron chi connectivity index (χ4n) is 2.95. The molecule has 4 rings (SSSR count). The lowest BCUT2D eigenvalue weighted by atomic mass is 10.1. The monoisotopic (exact) mass is 354 g/mol. The summed E-state index contributed by atoms with van der Waals surface area (Å²) in [5.74, 6) is 2.23. The summed E-state index contributed by atoms with van der Waals surface area (Å²) in [6.45, 7) is 7.84. The minimum Gasteiger partial charge on any atom is -0.494 e. The van der Waals surface area contributed by atoms with Crippen LogP contribution in [0.2, 0.25) is 0 Å². The Morgan fingerprint density at radius 1 is 1.27 bits per heavy atom. The Labute approximate surface area is 151 Å². The fraction of sp³-hybridized carbons (Fsp3) is 0.421. The van der Waals surface area contributed by atoms with Crippen LogP contribution < -0.4 is 4.74 Å². The molecule has 7 nitrogen and oxygen atoms in total. The molecule has 1 aliphatic rings. The zero-order valence-electron chi connectivity index (χ0n) is 15.2. The van der Waals surface area contributed by atoms with Gasteiger partial charge in [0.1, 0.15) is 11.9 Å². The summed E-state index contributed by atoms with van der Waals surface area (Å²) in [4.78, 5) is 4.42. The normalized spacial score (nSPS) is 16.7. The van der Waals surface area contributed by atoms with Crippen molar-refractivity contribution >= 4 is 0 Å². The first-order chi connectivity index (χ1) is 12.6. The van der Waals surface area contributed by atoms with E-state index < -0.39 is 0 Å². The molecule has 3 heterocycles. The van der Waals surface area contributed by atoms with Crippen LogP contribution in [-0.2, 0) is 17.9 Å². The second kappa shape index (κ2) is 6.92. The van der Waals surface area contributed by atoms with Crippen LogP contribution in [0.4, 0.5) is 0 Å². The molecule has 1 atom stereocenters. The van der Waals surface area contributed by atoms with Gasteiger partial charge in [0, 0.05) is 5.92 Å². The number of benzene rings is 1. The predicted octanol–water partition coefficient (Wildman–Crippen LogP) is 3.73. The van der Waals surface area contributed by atoms with E-state index in [1.54, 1.807) is 0 Å². The summed E-state index contributed by atoms with van der Waals surface area (Å²) in [5, 5.41) is 8.64. The lowest BCUT2D eigenvalue weighted by Crippen LogP contribution is -2.21. The molecule has 1 aliphatic heterocycles. The van der Waals surface area contributed by atoms with E-state index in [2.05, 4.69) is 15.2 Å². The molecule has 0 N–H and O–H groups in total. The Bertz CT molecular complexity index is 883. The average Bonchev–Trinajstić information content (AvgIpc) is 3.29. The van der Waals surface area contributed by atoms with E-state index >= 15 is 0 Å². The number of fused-ring (bicyclic) bond motifs is 1. The minimum absolute atomic E-state index is 0.0418. The highest BCUT2D eigenvalue weighted by atomic mass is 16.5. The predicted molar refractivity (Wildman–Crippen MR) is 94.7 cm³/mol. The van der Waals surface area contributed by atoms with Crippen molar-refractivity contribution in [2.24, 2.45) is 0 Å². The van der Waals surface area contributed by atoms with E-state index in [0.29, 0.717) is 37.2 Å². The number of ether oxygens (including phenoxy) is 2. The van der Waals surface area contributed by atoms with Crippen LogP contribution in [0.25, 0.3) is 11.6 Å². The molecule has 7 heteroatoms. The van der Waals surface area contributed by atoms with Crippen molar-refractivity contribution in [1.82, 2.24) is 19.9 Å². The van der Waals surface area contributed by atoms with Gasteiger partial charge in [0.25, 0.3) is 5.89 Å². The summed E-state index contributed by atoms with van der Waals surface area (Å²) in [6.07, 6.45) is -0.0418. The van der Waals surface area contributed by atoms with E-state index in [0.717, 1.165) is 17.0 Å². The molecule has 0 bridgehead atoms. The molecule has 1 aromatic carbocycles. The Morgan fingerprint density at radius 3 is 2.77 bits per heavy atom. The first kappa shape index (κ1) is 16.8. The van der Waals surface area contributed by atoms with Gasteiger partial charge in [-0.2, -0.15) is 10.1 Å². The first-order valence-electron chi connectivity index (χ1n) is 8.89. The van der Waals surface area contributed by atoms with Crippen LogP contribution in [0.1, 0.15) is 49.9 Å². The van der Waals surface area contributed by atoms with Crippen LogP contribution >= 0.6 is 0 Å². The van der Waals surface area contributed by atoms with E-state index in [1.807, 2.05) is 55.8 Å². The number of rotatable bonds is 5. The molecular weight excluding hydrogens is 332 g/mol. The van der Waals surface area contributed by atoms with Crippen molar-refractivity contribution in [1.29, 1.82) is 0 Å². The molecule has 136 valence electrons. The van der Waals surface area contributed by atoms with Crippen molar-refractivity contribution in [2.45, 2.75) is 45.9 Å². The maximum absolute atomic E-state index is 6.01. The quantitative estimate of drug-likeness (QED) is 0.695.